The molecule has 0 saturated carbocycles. The molecule has 0 bridgehead atoms. The van der Waals surface area contributed by atoms with Crippen LogP contribution in [0.25, 0.3) is 0 Å². The zero-order valence-electron chi connectivity index (χ0n) is 14.4. The van der Waals surface area contributed by atoms with Crippen LogP contribution in [-0.2, 0) is 9.53 Å². The summed E-state index contributed by atoms with van der Waals surface area (Å²) in [6.45, 7) is 1.53. The summed E-state index contributed by atoms with van der Waals surface area (Å²) in [5, 5.41) is 10.9. The van der Waals surface area contributed by atoms with Crippen LogP contribution in [0.3, 0.4) is 0 Å². The van der Waals surface area contributed by atoms with Gasteiger partial charge in [0, 0.05) is 23.4 Å². The van der Waals surface area contributed by atoms with E-state index in [2.05, 4.69) is 0 Å². The highest BCUT2D eigenvalue weighted by Gasteiger charge is 2.23. The first-order valence-electron chi connectivity index (χ1n) is 7.82. The van der Waals surface area contributed by atoms with Crippen LogP contribution in [0.15, 0.2) is 48.5 Å². The molecule has 2 rings (SSSR count). The molecule has 0 aliphatic heterocycles. The van der Waals surface area contributed by atoms with Gasteiger partial charge in [-0.2, -0.15) is 0 Å². The maximum Gasteiger partial charge on any atom is 0.326 e. The van der Waals surface area contributed by atoms with Crippen molar-refractivity contribution in [2.45, 2.75) is 6.92 Å². The molecular formula is C18H18N2O6. The van der Waals surface area contributed by atoms with E-state index in [1.165, 1.54) is 36.3 Å². The third-order valence-corrected chi connectivity index (χ3v) is 3.53. The number of benzene rings is 2. The van der Waals surface area contributed by atoms with E-state index in [4.69, 9.17) is 9.47 Å². The lowest BCUT2D eigenvalue weighted by molar-refractivity contribution is -0.384. The van der Waals surface area contributed by atoms with Crippen LogP contribution >= 0.6 is 0 Å². The molecule has 26 heavy (non-hydrogen) atoms. The van der Waals surface area contributed by atoms with Gasteiger partial charge in [0.2, 0.25) is 0 Å². The second-order valence-electron chi connectivity index (χ2n) is 5.20. The van der Waals surface area contributed by atoms with Gasteiger partial charge in [-0.25, -0.2) is 0 Å². The molecule has 8 heteroatoms. The van der Waals surface area contributed by atoms with E-state index in [-0.39, 0.29) is 24.4 Å². The normalized spacial score (nSPS) is 10.1. The van der Waals surface area contributed by atoms with Crippen LogP contribution < -0.4 is 9.64 Å². The van der Waals surface area contributed by atoms with Gasteiger partial charge < -0.3 is 9.47 Å². The van der Waals surface area contributed by atoms with E-state index in [1.54, 1.807) is 31.2 Å². The third-order valence-electron chi connectivity index (χ3n) is 3.53. The maximum absolute atomic E-state index is 12.9. The Hall–Kier alpha value is -3.42. The number of amides is 1. The molecule has 0 fully saturated rings. The average molecular weight is 358 g/mol. The topological polar surface area (TPSA) is 99.0 Å². The highest BCUT2D eigenvalue weighted by molar-refractivity contribution is 6.08. The molecular weight excluding hydrogens is 340 g/mol. The molecule has 0 spiro atoms. The van der Waals surface area contributed by atoms with Gasteiger partial charge in [-0.05, 0) is 37.3 Å². The molecule has 1 amide bonds. The van der Waals surface area contributed by atoms with Crippen molar-refractivity contribution in [3.63, 3.8) is 0 Å². The van der Waals surface area contributed by atoms with Gasteiger partial charge in [0.1, 0.15) is 12.3 Å². The third kappa shape index (κ3) is 4.56. The summed E-state index contributed by atoms with van der Waals surface area (Å²) in [6, 6.07) is 11.9. The first kappa shape index (κ1) is 18.9. The van der Waals surface area contributed by atoms with Crippen molar-refractivity contribution in [2.24, 2.45) is 0 Å². The molecule has 0 saturated heterocycles. The fourth-order valence-electron chi connectivity index (χ4n) is 2.29. The van der Waals surface area contributed by atoms with E-state index in [0.29, 0.717) is 11.4 Å². The number of esters is 1. The van der Waals surface area contributed by atoms with Crippen molar-refractivity contribution < 1.29 is 24.0 Å². The second-order valence-corrected chi connectivity index (χ2v) is 5.20. The minimum Gasteiger partial charge on any atom is -0.497 e. The largest absolute Gasteiger partial charge is 0.497 e. The molecule has 2 aromatic rings. The summed E-state index contributed by atoms with van der Waals surface area (Å²) in [5.41, 5.74) is 0.330. The van der Waals surface area contributed by atoms with Crippen molar-refractivity contribution in [3.05, 3.63) is 64.2 Å². The number of nitro benzene ring substituents is 1. The summed E-state index contributed by atoms with van der Waals surface area (Å²) >= 11 is 0. The minimum absolute atomic E-state index is 0.0966. The number of nitrogens with zero attached hydrogens (tertiary/aromatic N) is 2. The van der Waals surface area contributed by atoms with Crippen LogP contribution in [0.5, 0.6) is 5.75 Å². The Bertz CT molecular complexity index is 804. The number of non-ortho nitro benzene ring substituents is 1. The number of rotatable bonds is 7. The van der Waals surface area contributed by atoms with E-state index >= 15 is 0 Å². The van der Waals surface area contributed by atoms with E-state index in [0.717, 1.165) is 0 Å². The van der Waals surface area contributed by atoms with Crippen molar-refractivity contribution in [1.29, 1.82) is 0 Å². The molecule has 0 unspecified atom stereocenters. The van der Waals surface area contributed by atoms with Crippen LogP contribution in [0.1, 0.15) is 17.3 Å². The maximum atomic E-state index is 12.9. The molecule has 0 aliphatic rings. The molecule has 2 aromatic carbocycles. The predicted octanol–water partition coefficient (Wildman–Crippen LogP) is 2.81. The average Bonchev–Trinajstić information content (AvgIpc) is 2.66. The highest BCUT2D eigenvalue weighted by Crippen LogP contribution is 2.22. The van der Waals surface area contributed by atoms with Gasteiger partial charge in [0.15, 0.2) is 0 Å². The van der Waals surface area contributed by atoms with Crippen LogP contribution in [0.4, 0.5) is 11.4 Å². The van der Waals surface area contributed by atoms with E-state index < -0.39 is 16.8 Å². The smallest absolute Gasteiger partial charge is 0.326 e. The monoisotopic (exact) mass is 358 g/mol. The SMILES string of the molecule is CCOC(=O)CN(C(=O)c1cccc([N+](=O)[O-])c1)c1ccc(OC)cc1. The zero-order chi connectivity index (χ0) is 19.1. The standard InChI is InChI=1S/C18H18N2O6/c1-3-26-17(21)12-19(14-7-9-16(25-2)10-8-14)18(22)13-5-4-6-15(11-13)20(23)24/h4-11H,3,12H2,1-2H3. The summed E-state index contributed by atoms with van der Waals surface area (Å²) in [4.78, 5) is 36.4. The number of hydrogen-bond acceptors (Lipinski definition) is 6. The Morgan fingerprint density at radius 3 is 2.42 bits per heavy atom. The molecule has 136 valence electrons. The lowest BCUT2D eigenvalue weighted by atomic mass is 10.1. The Kier molecular flexibility index (Phi) is 6.26. The highest BCUT2D eigenvalue weighted by atomic mass is 16.6. The molecule has 0 heterocycles. The predicted molar refractivity (Wildman–Crippen MR) is 94.4 cm³/mol. The lowest BCUT2D eigenvalue weighted by Gasteiger charge is -2.22. The number of carbonyl (C=O) groups excluding carboxylic acids is 2. The van der Waals surface area contributed by atoms with E-state index in [1.807, 2.05) is 0 Å². The Morgan fingerprint density at radius 1 is 1.15 bits per heavy atom. The fraction of sp³-hybridized carbons (Fsp3) is 0.222. The number of nitro groups is 1. The van der Waals surface area contributed by atoms with Gasteiger partial charge in [-0.3, -0.25) is 24.6 Å². The molecule has 0 aromatic heterocycles. The summed E-state index contributed by atoms with van der Waals surface area (Å²) in [5.74, 6) is -0.540. The van der Waals surface area contributed by atoms with Gasteiger partial charge in [0.05, 0.1) is 18.6 Å². The number of methoxy groups -OCH3 is 1. The molecule has 0 N–H and O–H groups in total. The van der Waals surface area contributed by atoms with Crippen LogP contribution in [0, 0.1) is 10.1 Å². The van der Waals surface area contributed by atoms with Crippen molar-refractivity contribution in [3.8, 4) is 5.75 Å². The lowest BCUT2D eigenvalue weighted by Crippen LogP contribution is -2.36. The molecule has 0 atom stereocenters. The number of ether oxygens (including phenoxy) is 2. The summed E-state index contributed by atoms with van der Waals surface area (Å²) in [6.07, 6.45) is 0. The Balaban J connectivity index is 2.38. The van der Waals surface area contributed by atoms with Gasteiger partial charge in [-0.1, -0.05) is 6.07 Å². The van der Waals surface area contributed by atoms with Gasteiger partial charge >= 0.3 is 5.97 Å². The number of hydrogen-bond donors (Lipinski definition) is 0. The van der Waals surface area contributed by atoms with Crippen LogP contribution in [-0.4, -0.2) is 37.1 Å². The zero-order valence-corrected chi connectivity index (χ0v) is 14.4. The number of anilines is 1. The first-order chi connectivity index (χ1) is 12.5. The first-order valence-corrected chi connectivity index (χ1v) is 7.82. The quantitative estimate of drug-likeness (QED) is 0.429. The van der Waals surface area contributed by atoms with Crippen molar-refractivity contribution >= 4 is 23.3 Å². The van der Waals surface area contributed by atoms with Crippen LogP contribution in [0.2, 0.25) is 0 Å². The summed E-state index contributed by atoms with van der Waals surface area (Å²) < 4.78 is 10.0. The van der Waals surface area contributed by atoms with Gasteiger partial charge in [-0.15, -0.1) is 0 Å². The van der Waals surface area contributed by atoms with Gasteiger partial charge in [0.25, 0.3) is 11.6 Å². The fourth-order valence-corrected chi connectivity index (χ4v) is 2.29. The Morgan fingerprint density at radius 2 is 1.85 bits per heavy atom. The van der Waals surface area contributed by atoms with Crippen molar-refractivity contribution in [1.82, 2.24) is 0 Å². The second kappa shape index (κ2) is 8.61. The van der Waals surface area contributed by atoms with Crippen molar-refractivity contribution in [2.75, 3.05) is 25.2 Å². The Labute approximate surface area is 150 Å². The minimum atomic E-state index is -0.583. The molecule has 8 nitrogen and oxygen atoms in total. The van der Waals surface area contributed by atoms with E-state index in [9.17, 15) is 19.7 Å². The molecule has 0 radical (unpaired) electrons. The summed E-state index contributed by atoms with van der Waals surface area (Å²) in [7, 11) is 1.51. The number of carbonyl (C=O) groups is 2. The molecule has 0 aliphatic carbocycles.